The number of aryl methyl sites for hydroxylation is 1. The molecule has 0 aliphatic heterocycles. The van der Waals surface area contributed by atoms with Crippen LogP contribution in [0.25, 0.3) is 0 Å². The fraction of sp³-hybridized carbons (Fsp3) is 0.500. The van der Waals surface area contributed by atoms with Crippen LogP contribution in [0.15, 0.2) is 36.9 Å². The largest absolute Gasteiger partial charge is 0.333 e. The smallest absolute Gasteiger partial charge is 0.240 e. The van der Waals surface area contributed by atoms with Gasteiger partial charge in [-0.15, -0.1) is 6.58 Å². The monoisotopic (exact) mass is 288 g/mol. The van der Waals surface area contributed by atoms with Gasteiger partial charge in [0.15, 0.2) is 0 Å². The number of nitrogens with one attached hydrogen (secondary N) is 1. The quantitative estimate of drug-likeness (QED) is 0.745. The first-order chi connectivity index (χ1) is 10.0. The van der Waals surface area contributed by atoms with E-state index >= 15 is 0 Å². The number of carbonyl (C=O) groups excluding carboxylic acids is 1. The van der Waals surface area contributed by atoms with Crippen molar-refractivity contribution in [3.8, 4) is 0 Å². The topological polar surface area (TPSA) is 32.3 Å². The van der Waals surface area contributed by atoms with Crippen LogP contribution in [-0.2, 0) is 11.3 Å². The fourth-order valence-corrected chi connectivity index (χ4v) is 2.39. The van der Waals surface area contributed by atoms with Gasteiger partial charge in [-0.05, 0) is 25.5 Å². The summed E-state index contributed by atoms with van der Waals surface area (Å²) in [4.78, 5) is 14.6. The summed E-state index contributed by atoms with van der Waals surface area (Å²) in [5, 5.41) is 3.16. The summed E-state index contributed by atoms with van der Waals surface area (Å²) in [6.45, 7) is 11.3. The van der Waals surface area contributed by atoms with E-state index in [0.29, 0.717) is 19.0 Å². The van der Waals surface area contributed by atoms with Gasteiger partial charge in [-0.25, -0.2) is 0 Å². The van der Waals surface area contributed by atoms with Crippen molar-refractivity contribution >= 4 is 5.91 Å². The molecule has 0 aromatic heterocycles. The van der Waals surface area contributed by atoms with Gasteiger partial charge in [-0.2, -0.15) is 0 Å². The molecule has 0 bridgehead atoms. The van der Waals surface area contributed by atoms with Crippen LogP contribution in [0.2, 0.25) is 0 Å². The van der Waals surface area contributed by atoms with Crippen molar-refractivity contribution < 1.29 is 4.79 Å². The summed E-state index contributed by atoms with van der Waals surface area (Å²) in [5.41, 5.74) is 2.38. The molecule has 1 N–H and O–H groups in total. The van der Waals surface area contributed by atoms with E-state index in [1.54, 1.807) is 6.08 Å². The average molecular weight is 288 g/mol. The predicted molar refractivity (Wildman–Crippen MR) is 89.1 cm³/mol. The van der Waals surface area contributed by atoms with E-state index in [-0.39, 0.29) is 11.9 Å². The van der Waals surface area contributed by atoms with Crippen molar-refractivity contribution in [3.63, 3.8) is 0 Å². The highest BCUT2D eigenvalue weighted by Gasteiger charge is 2.26. The summed E-state index contributed by atoms with van der Waals surface area (Å²) >= 11 is 0. The van der Waals surface area contributed by atoms with Gasteiger partial charge in [-0.1, -0.05) is 56.2 Å². The number of rotatable bonds is 8. The summed E-state index contributed by atoms with van der Waals surface area (Å²) in [5.74, 6) is 0.458. The van der Waals surface area contributed by atoms with E-state index in [4.69, 9.17) is 0 Å². The molecule has 0 aliphatic rings. The Balaban J connectivity index is 2.86. The first kappa shape index (κ1) is 17.4. The van der Waals surface area contributed by atoms with E-state index in [2.05, 4.69) is 56.9 Å². The van der Waals surface area contributed by atoms with Crippen LogP contribution in [0.1, 0.15) is 31.4 Å². The molecule has 0 unspecified atom stereocenters. The van der Waals surface area contributed by atoms with Gasteiger partial charge in [0.05, 0.1) is 6.04 Å². The molecule has 0 aliphatic carbocycles. The van der Waals surface area contributed by atoms with Gasteiger partial charge >= 0.3 is 0 Å². The minimum atomic E-state index is -0.139. The lowest BCUT2D eigenvalue weighted by molar-refractivity contribution is -0.134. The Labute approximate surface area is 129 Å². The van der Waals surface area contributed by atoms with E-state index in [1.165, 1.54) is 5.56 Å². The van der Waals surface area contributed by atoms with Crippen molar-refractivity contribution in [1.29, 1.82) is 0 Å². The first-order valence-corrected chi connectivity index (χ1v) is 7.65. The number of hydrogen-bond acceptors (Lipinski definition) is 2. The van der Waals surface area contributed by atoms with Crippen LogP contribution in [-0.4, -0.2) is 30.4 Å². The molecular weight excluding hydrogens is 260 g/mol. The molecule has 0 spiro atoms. The standard InChI is InChI=1S/C18H28N2O/c1-6-12-20(13-16-10-8-14(3)9-11-16)18(21)17(19-5)15(4)7-2/h6,8-11,15,17,19H,1,7,12-13H2,2-5H3/t15-,17-/m0/s1. The third kappa shape index (κ3) is 5.01. The SMILES string of the molecule is C=CCN(Cc1ccc(C)cc1)C(=O)[C@@H](NC)[C@@H](C)CC. The van der Waals surface area contributed by atoms with Gasteiger partial charge in [0.25, 0.3) is 0 Å². The van der Waals surface area contributed by atoms with Gasteiger partial charge in [-0.3, -0.25) is 4.79 Å². The predicted octanol–water partition coefficient (Wildman–Crippen LogP) is 3.14. The van der Waals surface area contributed by atoms with Crippen molar-refractivity contribution in [2.24, 2.45) is 5.92 Å². The first-order valence-electron chi connectivity index (χ1n) is 7.65. The second kappa shape index (κ2) is 8.63. The van der Waals surface area contributed by atoms with E-state index in [9.17, 15) is 4.79 Å². The molecule has 0 fully saturated rings. The molecule has 1 aromatic rings. The molecule has 0 heterocycles. The Hall–Kier alpha value is -1.61. The third-order valence-corrected chi connectivity index (χ3v) is 3.95. The Morgan fingerprint density at radius 1 is 1.38 bits per heavy atom. The Bertz CT molecular complexity index is 453. The minimum absolute atomic E-state index is 0.139. The summed E-state index contributed by atoms with van der Waals surface area (Å²) in [6.07, 6.45) is 2.76. The molecule has 3 nitrogen and oxygen atoms in total. The lowest BCUT2D eigenvalue weighted by Crippen LogP contribution is -2.48. The molecule has 1 aromatic carbocycles. The van der Waals surface area contributed by atoms with Crippen LogP contribution < -0.4 is 5.32 Å². The average Bonchev–Trinajstić information content (AvgIpc) is 2.49. The highest BCUT2D eigenvalue weighted by Crippen LogP contribution is 2.13. The van der Waals surface area contributed by atoms with Gasteiger partial charge in [0, 0.05) is 13.1 Å². The lowest BCUT2D eigenvalue weighted by atomic mass is 9.97. The molecule has 3 heteroatoms. The maximum atomic E-state index is 12.8. The number of amides is 1. The Kier molecular flexibility index (Phi) is 7.17. The van der Waals surface area contributed by atoms with E-state index in [1.807, 2.05) is 11.9 Å². The minimum Gasteiger partial charge on any atom is -0.333 e. The van der Waals surface area contributed by atoms with Crippen molar-refractivity contribution in [1.82, 2.24) is 10.2 Å². The molecule has 1 rings (SSSR count). The van der Waals surface area contributed by atoms with E-state index < -0.39 is 0 Å². The number of hydrogen-bond donors (Lipinski definition) is 1. The van der Waals surface area contributed by atoms with Crippen LogP contribution in [0.5, 0.6) is 0 Å². The number of likely N-dealkylation sites (N-methyl/N-ethyl adjacent to an activating group) is 1. The molecule has 0 radical (unpaired) electrons. The zero-order valence-electron chi connectivity index (χ0n) is 13.7. The van der Waals surface area contributed by atoms with Gasteiger partial charge in [0.1, 0.15) is 0 Å². The summed E-state index contributed by atoms with van der Waals surface area (Å²) < 4.78 is 0. The second-order valence-corrected chi connectivity index (χ2v) is 5.64. The normalized spacial score (nSPS) is 13.5. The lowest BCUT2D eigenvalue weighted by Gasteiger charge is -2.29. The van der Waals surface area contributed by atoms with Crippen LogP contribution in [0.3, 0.4) is 0 Å². The zero-order valence-corrected chi connectivity index (χ0v) is 13.7. The summed E-state index contributed by atoms with van der Waals surface area (Å²) in [6, 6.07) is 8.18. The van der Waals surface area contributed by atoms with Crippen molar-refractivity contribution in [3.05, 3.63) is 48.0 Å². The number of nitrogens with zero attached hydrogens (tertiary/aromatic N) is 1. The van der Waals surface area contributed by atoms with Crippen molar-refractivity contribution in [2.45, 2.75) is 39.8 Å². The Morgan fingerprint density at radius 2 is 2.00 bits per heavy atom. The zero-order chi connectivity index (χ0) is 15.8. The number of benzene rings is 1. The third-order valence-electron chi connectivity index (χ3n) is 3.95. The molecule has 1 amide bonds. The summed E-state index contributed by atoms with van der Waals surface area (Å²) in [7, 11) is 1.85. The van der Waals surface area contributed by atoms with E-state index in [0.717, 1.165) is 12.0 Å². The highest BCUT2D eigenvalue weighted by molar-refractivity contribution is 5.82. The maximum Gasteiger partial charge on any atom is 0.240 e. The molecule has 0 saturated heterocycles. The van der Waals surface area contributed by atoms with Gasteiger partial charge < -0.3 is 10.2 Å². The highest BCUT2D eigenvalue weighted by atomic mass is 16.2. The Morgan fingerprint density at radius 3 is 2.48 bits per heavy atom. The maximum absolute atomic E-state index is 12.8. The van der Waals surface area contributed by atoms with Crippen LogP contribution in [0, 0.1) is 12.8 Å². The molecule has 116 valence electrons. The van der Waals surface area contributed by atoms with Crippen molar-refractivity contribution in [2.75, 3.05) is 13.6 Å². The molecule has 0 saturated carbocycles. The molecule has 21 heavy (non-hydrogen) atoms. The fourth-order valence-electron chi connectivity index (χ4n) is 2.39. The van der Waals surface area contributed by atoms with Crippen LogP contribution in [0.4, 0.5) is 0 Å². The molecular formula is C18H28N2O. The second-order valence-electron chi connectivity index (χ2n) is 5.64. The van der Waals surface area contributed by atoms with Crippen LogP contribution >= 0.6 is 0 Å². The number of carbonyl (C=O) groups is 1. The molecule has 2 atom stereocenters. The van der Waals surface area contributed by atoms with Gasteiger partial charge in [0.2, 0.25) is 5.91 Å².